The van der Waals surface area contributed by atoms with E-state index in [1.165, 1.54) is 32.2 Å². The quantitative estimate of drug-likeness (QED) is 0.836. The van der Waals surface area contributed by atoms with Crippen LogP contribution in [0, 0.1) is 11.6 Å². The van der Waals surface area contributed by atoms with Gasteiger partial charge in [0.25, 0.3) is 0 Å². The first kappa shape index (κ1) is 16.0. The summed E-state index contributed by atoms with van der Waals surface area (Å²) >= 11 is 11.7. The van der Waals surface area contributed by atoms with Gasteiger partial charge in [0.15, 0.2) is 0 Å². The van der Waals surface area contributed by atoms with Gasteiger partial charge in [0, 0.05) is 16.1 Å². The van der Waals surface area contributed by atoms with Crippen molar-refractivity contribution in [3.63, 3.8) is 0 Å². The minimum atomic E-state index is -1.75. The van der Waals surface area contributed by atoms with E-state index in [1.807, 2.05) is 0 Å². The van der Waals surface area contributed by atoms with Gasteiger partial charge in [-0.3, -0.25) is 0 Å². The first-order valence-electron chi connectivity index (χ1n) is 5.98. The van der Waals surface area contributed by atoms with Crippen LogP contribution in [0.3, 0.4) is 0 Å². The summed E-state index contributed by atoms with van der Waals surface area (Å²) in [5, 5.41) is 10.7. The largest absolute Gasteiger partial charge is 0.496 e. The van der Waals surface area contributed by atoms with E-state index < -0.39 is 17.2 Å². The highest BCUT2D eigenvalue weighted by atomic mass is 35.5. The molecule has 0 saturated carbocycles. The Morgan fingerprint density at radius 3 is 2.33 bits per heavy atom. The highest BCUT2D eigenvalue weighted by molar-refractivity contribution is 6.35. The highest BCUT2D eigenvalue weighted by Crippen LogP contribution is 2.40. The van der Waals surface area contributed by atoms with Gasteiger partial charge in [-0.25, -0.2) is 8.78 Å². The molecule has 2 aromatic carbocycles. The van der Waals surface area contributed by atoms with Crippen LogP contribution in [0.1, 0.15) is 18.1 Å². The van der Waals surface area contributed by atoms with Gasteiger partial charge in [-0.05, 0) is 37.3 Å². The Kier molecular flexibility index (Phi) is 4.42. The maximum atomic E-state index is 13.7. The van der Waals surface area contributed by atoms with Crippen molar-refractivity contribution < 1.29 is 18.6 Å². The minimum Gasteiger partial charge on any atom is -0.496 e. The smallest absolute Gasteiger partial charge is 0.142 e. The lowest BCUT2D eigenvalue weighted by Gasteiger charge is -2.27. The number of benzene rings is 2. The average Bonchev–Trinajstić information content (AvgIpc) is 2.42. The molecule has 6 heteroatoms. The minimum absolute atomic E-state index is 0.0648. The van der Waals surface area contributed by atoms with Crippen molar-refractivity contribution in [2.24, 2.45) is 0 Å². The molecule has 2 nitrogen and oxygen atoms in total. The number of rotatable bonds is 3. The second-order valence-electron chi connectivity index (χ2n) is 4.66. The van der Waals surface area contributed by atoms with Crippen LogP contribution in [0.15, 0.2) is 30.3 Å². The lowest BCUT2D eigenvalue weighted by Crippen LogP contribution is -2.24. The Bertz CT molecular complexity index is 688. The molecule has 112 valence electrons. The monoisotopic (exact) mass is 332 g/mol. The van der Waals surface area contributed by atoms with Gasteiger partial charge in [-0.2, -0.15) is 0 Å². The predicted octanol–water partition coefficient (Wildman–Crippen LogP) is 4.54. The fourth-order valence-corrected chi connectivity index (χ4v) is 2.67. The fourth-order valence-electron chi connectivity index (χ4n) is 2.10. The van der Waals surface area contributed by atoms with E-state index >= 15 is 0 Å². The van der Waals surface area contributed by atoms with Crippen molar-refractivity contribution in [2.45, 2.75) is 12.5 Å². The molecule has 0 heterocycles. The lowest BCUT2D eigenvalue weighted by molar-refractivity contribution is 0.0983. The summed E-state index contributed by atoms with van der Waals surface area (Å²) in [7, 11) is 1.39. The van der Waals surface area contributed by atoms with E-state index in [4.69, 9.17) is 27.9 Å². The molecule has 1 N–H and O–H groups in total. The zero-order valence-corrected chi connectivity index (χ0v) is 12.8. The molecular formula is C15H12Cl2F2O2. The van der Waals surface area contributed by atoms with Crippen molar-refractivity contribution in [1.29, 1.82) is 0 Å². The lowest BCUT2D eigenvalue weighted by atomic mass is 9.87. The van der Waals surface area contributed by atoms with Gasteiger partial charge >= 0.3 is 0 Å². The van der Waals surface area contributed by atoms with Gasteiger partial charge in [0.2, 0.25) is 0 Å². The number of ether oxygens (including phenoxy) is 1. The topological polar surface area (TPSA) is 29.5 Å². The molecule has 0 saturated heterocycles. The second-order valence-corrected chi connectivity index (χ2v) is 5.48. The van der Waals surface area contributed by atoms with Crippen molar-refractivity contribution in [3.05, 3.63) is 63.1 Å². The molecule has 1 atom stereocenters. The summed E-state index contributed by atoms with van der Waals surface area (Å²) in [6, 6.07) is 5.90. The Hall–Kier alpha value is -1.36. The molecule has 0 fully saturated rings. The molecule has 21 heavy (non-hydrogen) atoms. The summed E-state index contributed by atoms with van der Waals surface area (Å²) in [5.41, 5.74) is -1.56. The molecule has 0 radical (unpaired) electrons. The molecule has 2 rings (SSSR count). The molecular weight excluding hydrogens is 321 g/mol. The maximum Gasteiger partial charge on any atom is 0.142 e. The normalized spacial score (nSPS) is 13.9. The molecule has 0 spiro atoms. The van der Waals surface area contributed by atoms with Gasteiger partial charge in [0.1, 0.15) is 23.0 Å². The van der Waals surface area contributed by atoms with Crippen LogP contribution in [-0.4, -0.2) is 12.2 Å². The van der Waals surface area contributed by atoms with Gasteiger partial charge in [0.05, 0.1) is 12.1 Å². The summed E-state index contributed by atoms with van der Waals surface area (Å²) < 4.78 is 32.3. The van der Waals surface area contributed by atoms with Crippen LogP contribution in [0.2, 0.25) is 10.0 Å². The van der Waals surface area contributed by atoms with E-state index in [0.717, 1.165) is 12.1 Å². The average molecular weight is 333 g/mol. The Morgan fingerprint density at radius 2 is 1.71 bits per heavy atom. The fraction of sp³-hybridized carbons (Fsp3) is 0.200. The van der Waals surface area contributed by atoms with Crippen molar-refractivity contribution >= 4 is 23.2 Å². The molecule has 0 aliphatic rings. The second kappa shape index (κ2) is 5.79. The van der Waals surface area contributed by atoms with Crippen LogP contribution in [0.4, 0.5) is 8.78 Å². The van der Waals surface area contributed by atoms with Crippen molar-refractivity contribution in [3.8, 4) is 5.75 Å². The highest BCUT2D eigenvalue weighted by Gasteiger charge is 2.32. The van der Waals surface area contributed by atoms with Crippen LogP contribution < -0.4 is 4.74 Å². The zero-order chi connectivity index (χ0) is 15.8. The Labute approximate surface area is 130 Å². The summed E-state index contributed by atoms with van der Waals surface area (Å²) in [4.78, 5) is 0. The maximum absolute atomic E-state index is 13.7. The van der Waals surface area contributed by atoms with Gasteiger partial charge in [-0.1, -0.05) is 23.2 Å². The standard InChI is InChI=1S/C15H12Cl2F2O2/c1-15(20,9-6-13(19)12(17)7-11(9)16)10-5-8(18)3-4-14(10)21-2/h3-7,20H,1-2H3. The summed E-state index contributed by atoms with van der Waals surface area (Å²) in [6.07, 6.45) is 0. The van der Waals surface area contributed by atoms with E-state index in [0.29, 0.717) is 0 Å². The first-order chi connectivity index (χ1) is 9.77. The molecule has 1 unspecified atom stereocenters. The Morgan fingerprint density at radius 1 is 1.05 bits per heavy atom. The number of hydrogen-bond acceptors (Lipinski definition) is 2. The van der Waals surface area contributed by atoms with Crippen LogP contribution in [0.5, 0.6) is 5.75 Å². The number of aliphatic hydroxyl groups is 1. The predicted molar refractivity (Wildman–Crippen MR) is 78.0 cm³/mol. The van der Waals surface area contributed by atoms with Gasteiger partial charge < -0.3 is 9.84 Å². The molecule has 0 aliphatic heterocycles. The van der Waals surface area contributed by atoms with Crippen molar-refractivity contribution in [1.82, 2.24) is 0 Å². The number of halogens is 4. The summed E-state index contributed by atoms with van der Waals surface area (Å²) in [6.45, 7) is 1.37. The van der Waals surface area contributed by atoms with E-state index in [2.05, 4.69) is 0 Å². The third kappa shape index (κ3) is 2.98. The Balaban J connectivity index is 2.67. The number of hydrogen-bond donors (Lipinski definition) is 1. The van der Waals surface area contributed by atoms with Gasteiger partial charge in [-0.15, -0.1) is 0 Å². The SMILES string of the molecule is COc1ccc(F)cc1C(C)(O)c1cc(F)c(Cl)cc1Cl. The third-order valence-electron chi connectivity index (χ3n) is 3.22. The molecule has 0 aliphatic carbocycles. The van der Waals surface area contributed by atoms with Crippen LogP contribution in [0.25, 0.3) is 0 Å². The molecule has 0 aromatic heterocycles. The van der Waals surface area contributed by atoms with E-state index in [1.54, 1.807) is 0 Å². The van der Waals surface area contributed by atoms with Crippen LogP contribution >= 0.6 is 23.2 Å². The number of methoxy groups -OCH3 is 1. The summed E-state index contributed by atoms with van der Waals surface area (Å²) in [5.74, 6) is -1.03. The van der Waals surface area contributed by atoms with Crippen LogP contribution in [-0.2, 0) is 5.60 Å². The molecule has 0 amide bonds. The molecule has 2 aromatic rings. The van der Waals surface area contributed by atoms with E-state index in [-0.39, 0.29) is 26.9 Å². The molecule has 0 bridgehead atoms. The zero-order valence-electron chi connectivity index (χ0n) is 11.3. The van der Waals surface area contributed by atoms with E-state index in [9.17, 15) is 13.9 Å². The first-order valence-corrected chi connectivity index (χ1v) is 6.74. The third-order valence-corrected chi connectivity index (χ3v) is 3.82. The van der Waals surface area contributed by atoms with Crippen molar-refractivity contribution in [2.75, 3.05) is 7.11 Å².